The Hall–Kier alpha value is -1.08. The number of aliphatic hydroxyl groups excluding tert-OH is 2. The average Bonchev–Trinajstić information content (AvgIpc) is 2.62. The summed E-state index contributed by atoms with van der Waals surface area (Å²) in [6.45, 7) is 0. The third-order valence-corrected chi connectivity index (χ3v) is 3.81. The van der Waals surface area contributed by atoms with Crippen LogP contribution in [-0.2, 0) is 0 Å². The van der Waals surface area contributed by atoms with E-state index in [1.54, 1.807) is 0 Å². The van der Waals surface area contributed by atoms with Crippen LogP contribution in [0, 0.1) is 10.1 Å². The van der Waals surface area contributed by atoms with Crippen LogP contribution in [0.5, 0.6) is 0 Å². The van der Waals surface area contributed by atoms with Crippen molar-refractivity contribution in [2.45, 2.75) is 31.1 Å². The van der Waals surface area contributed by atoms with E-state index in [1.165, 1.54) is 12.1 Å². The monoisotopic (exact) mass is 306 g/mol. The Labute approximate surface area is 119 Å². The standard InChI is InChI=1S/C11H12Cl2N2O4/c12-6-3-8(9(15(18)19)4-7(6)13)14-5-1-10(16)11(17)2-5/h3-5,10-11,14,16-17H,1-2H2/t5?,10-,11+. The summed E-state index contributed by atoms with van der Waals surface area (Å²) in [7, 11) is 0. The molecule has 1 fully saturated rings. The van der Waals surface area contributed by atoms with Gasteiger partial charge in [-0.25, -0.2) is 0 Å². The van der Waals surface area contributed by atoms with Gasteiger partial charge in [0.25, 0.3) is 5.69 Å². The van der Waals surface area contributed by atoms with Crippen LogP contribution in [0.25, 0.3) is 0 Å². The summed E-state index contributed by atoms with van der Waals surface area (Å²) < 4.78 is 0. The number of anilines is 1. The predicted molar refractivity (Wildman–Crippen MR) is 71.8 cm³/mol. The zero-order chi connectivity index (χ0) is 14.2. The molecule has 0 amide bonds. The number of nitrogens with zero attached hydrogens (tertiary/aromatic N) is 1. The summed E-state index contributed by atoms with van der Waals surface area (Å²) in [6.07, 6.45) is -1.00. The first kappa shape index (κ1) is 14.3. The molecule has 3 atom stereocenters. The Balaban J connectivity index is 2.24. The van der Waals surface area contributed by atoms with Crippen molar-refractivity contribution in [3.05, 3.63) is 32.3 Å². The minimum Gasteiger partial charge on any atom is -0.390 e. The van der Waals surface area contributed by atoms with Gasteiger partial charge in [-0.1, -0.05) is 23.2 Å². The SMILES string of the molecule is O=[N+]([O-])c1cc(Cl)c(Cl)cc1NC1C[C@@H](O)[C@@H](O)C1. The quantitative estimate of drug-likeness (QED) is 0.587. The molecule has 0 aromatic heterocycles. The lowest BCUT2D eigenvalue weighted by Gasteiger charge is -2.14. The molecule has 0 aliphatic heterocycles. The van der Waals surface area contributed by atoms with E-state index in [0.717, 1.165) is 0 Å². The predicted octanol–water partition coefficient (Wildman–Crippen LogP) is 2.20. The van der Waals surface area contributed by atoms with Crippen LogP contribution in [0.2, 0.25) is 10.0 Å². The smallest absolute Gasteiger partial charge is 0.293 e. The summed E-state index contributed by atoms with van der Waals surface area (Å²) in [6, 6.07) is 2.30. The van der Waals surface area contributed by atoms with Crippen LogP contribution in [0.1, 0.15) is 12.8 Å². The maximum absolute atomic E-state index is 11.0. The minimum absolute atomic E-state index is 0.102. The highest BCUT2D eigenvalue weighted by atomic mass is 35.5. The molecule has 2 rings (SSSR count). The molecule has 0 heterocycles. The lowest BCUT2D eigenvalue weighted by atomic mass is 10.2. The van der Waals surface area contributed by atoms with Crippen LogP contribution in [0.3, 0.4) is 0 Å². The molecule has 0 saturated heterocycles. The normalized spacial score (nSPS) is 26.4. The van der Waals surface area contributed by atoms with E-state index in [4.69, 9.17) is 23.2 Å². The maximum Gasteiger partial charge on any atom is 0.293 e. The Morgan fingerprint density at radius 1 is 1.21 bits per heavy atom. The fourth-order valence-electron chi connectivity index (χ4n) is 2.13. The number of rotatable bonds is 3. The van der Waals surface area contributed by atoms with E-state index in [0.29, 0.717) is 12.8 Å². The van der Waals surface area contributed by atoms with Gasteiger partial charge in [0.15, 0.2) is 0 Å². The topological polar surface area (TPSA) is 95.6 Å². The largest absolute Gasteiger partial charge is 0.390 e. The Morgan fingerprint density at radius 2 is 1.74 bits per heavy atom. The van der Waals surface area contributed by atoms with Crippen LogP contribution in [0.4, 0.5) is 11.4 Å². The first-order valence-electron chi connectivity index (χ1n) is 5.64. The van der Waals surface area contributed by atoms with E-state index >= 15 is 0 Å². The third kappa shape index (κ3) is 3.09. The molecule has 0 spiro atoms. The van der Waals surface area contributed by atoms with Crippen LogP contribution in [0.15, 0.2) is 12.1 Å². The molecule has 6 nitrogen and oxygen atoms in total. The van der Waals surface area contributed by atoms with Gasteiger partial charge in [-0.2, -0.15) is 0 Å². The molecule has 1 aromatic carbocycles. The van der Waals surface area contributed by atoms with Crippen molar-refractivity contribution >= 4 is 34.6 Å². The lowest BCUT2D eigenvalue weighted by Crippen LogP contribution is -2.17. The van der Waals surface area contributed by atoms with Crippen molar-refractivity contribution in [3.63, 3.8) is 0 Å². The first-order valence-corrected chi connectivity index (χ1v) is 6.40. The van der Waals surface area contributed by atoms with E-state index in [9.17, 15) is 20.3 Å². The van der Waals surface area contributed by atoms with Crippen LogP contribution >= 0.6 is 23.2 Å². The van der Waals surface area contributed by atoms with Gasteiger partial charge in [0.2, 0.25) is 0 Å². The Morgan fingerprint density at radius 3 is 2.26 bits per heavy atom. The molecule has 0 radical (unpaired) electrons. The lowest BCUT2D eigenvalue weighted by molar-refractivity contribution is -0.384. The van der Waals surface area contributed by atoms with Crippen LogP contribution < -0.4 is 5.32 Å². The molecule has 104 valence electrons. The fraction of sp³-hybridized carbons (Fsp3) is 0.455. The second-order valence-electron chi connectivity index (χ2n) is 4.49. The third-order valence-electron chi connectivity index (χ3n) is 3.09. The zero-order valence-electron chi connectivity index (χ0n) is 9.72. The van der Waals surface area contributed by atoms with Crippen molar-refractivity contribution < 1.29 is 15.1 Å². The molecule has 1 saturated carbocycles. The Bertz CT molecular complexity index is 502. The summed E-state index contributed by atoms with van der Waals surface area (Å²) in [5.74, 6) is 0. The number of hydrogen-bond donors (Lipinski definition) is 3. The Kier molecular flexibility index (Phi) is 4.15. The summed E-state index contributed by atoms with van der Waals surface area (Å²) in [5, 5.41) is 33.1. The van der Waals surface area contributed by atoms with Crippen molar-refractivity contribution in [1.82, 2.24) is 0 Å². The van der Waals surface area contributed by atoms with Crippen molar-refractivity contribution in [2.75, 3.05) is 5.32 Å². The molecular weight excluding hydrogens is 295 g/mol. The number of nitro benzene ring substituents is 1. The highest BCUT2D eigenvalue weighted by molar-refractivity contribution is 6.42. The fourth-order valence-corrected chi connectivity index (χ4v) is 2.46. The van der Waals surface area contributed by atoms with Crippen molar-refractivity contribution in [3.8, 4) is 0 Å². The van der Waals surface area contributed by atoms with Crippen LogP contribution in [-0.4, -0.2) is 33.4 Å². The van der Waals surface area contributed by atoms with Crippen molar-refractivity contribution in [2.24, 2.45) is 0 Å². The van der Waals surface area contributed by atoms with E-state index < -0.39 is 17.1 Å². The van der Waals surface area contributed by atoms with E-state index in [2.05, 4.69) is 5.32 Å². The van der Waals surface area contributed by atoms with Crippen molar-refractivity contribution in [1.29, 1.82) is 0 Å². The van der Waals surface area contributed by atoms with E-state index in [-0.39, 0.29) is 27.5 Å². The van der Waals surface area contributed by atoms with Gasteiger partial charge in [0.05, 0.1) is 27.2 Å². The van der Waals surface area contributed by atoms with Gasteiger partial charge in [-0.3, -0.25) is 10.1 Å². The molecule has 8 heteroatoms. The second kappa shape index (κ2) is 5.50. The number of nitro groups is 1. The summed E-state index contributed by atoms with van der Waals surface area (Å²) in [5.41, 5.74) is 0.0379. The van der Waals surface area contributed by atoms with Gasteiger partial charge in [-0.15, -0.1) is 0 Å². The zero-order valence-corrected chi connectivity index (χ0v) is 11.2. The maximum atomic E-state index is 11.0. The van der Waals surface area contributed by atoms with Gasteiger partial charge >= 0.3 is 0 Å². The van der Waals surface area contributed by atoms with E-state index in [1.807, 2.05) is 0 Å². The van der Waals surface area contributed by atoms with Gasteiger partial charge < -0.3 is 15.5 Å². The number of aliphatic hydroxyl groups is 2. The number of hydrogen-bond acceptors (Lipinski definition) is 5. The molecular formula is C11H12Cl2N2O4. The second-order valence-corrected chi connectivity index (χ2v) is 5.30. The molecule has 1 aliphatic carbocycles. The minimum atomic E-state index is -0.820. The average molecular weight is 307 g/mol. The molecule has 1 unspecified atom stereocenters. The van der Waals surface area contributed by atoms with Gasteiger partial charge in [0.1, 0.15) is 5.69 Å². The molecule has 0 bridgehead atoms. The highest BCUT2D eigenvalue weighted by Crippen LogP contribution is 2.35. The molecule has 1 aromatic rings. The number of benzene rings is 1. The highest BCUT2D eigenvalue weighted by Gasteiger charge is 2.32. The molecule has 1 aliphatic rings. The number of halogens is 2. The summed E-state index contributed by atoms with van der Waals surface area (Å²) >= 11 is 11.6. The summed E-state index contributed by atoms with van der Waals surface area (Å²) in [4.78, 5) is 10.4. The molecule has 19 heavy (non-hydrogen) atoms. The van der Waals surface area contributed by atoms with Gasteiger partial charge in [0, 0.05) is 12.1 Å². The number of nitrogens with one attached hydrogen (secondary N) is 1. The first-order chi connectivity index (χ1) is 8.88. The van der Waals surface area contributed by atoms with Gasteiger partial charge in [-0.05, 0) is 18.9 Å². The molecule has 3 N–H and O–H groups in total.